The van der Waals surface area contributed by atoms with Crippen molar-refractivity contribution in [3.63, 3.8) is 0 Å². The van der Waals surface area contributed by atoms with E-state index in [2.05, 4.69) is 23.9 Å². The third-order valence-electron chi connectivity index (χ3n) is 2.51. The van der Waals surface area contributed by atoms with E-state index in [9.17, 15) is 0 Å². The smallest absolute Gasteiger partial charge is 0.158 e. The molecule has 0 aliphatic rings. The minimum absolute atomic E-state index is 0.312. The van der Waals surface area contributed by atoms with E-state index in [0.717, 1.165) is 17.0 Å². The third kappa shape index (κ3) is 1.97. The van der Waals surface area contributed by atoms with Crippen molar-refractivity contribution in [2.45, 2.75) is 26.4 Å². The molecule has 0 atom stereocenters. The summed E-state index contributed by atoms with van der Waals surface area (Å²) in [6.45, 7) is 4.75. The van der Waals surface area contributed by atoms with Crippen molar-refractivity contribution in [3.05, 3.63) is 36.2 Å². The van der Waals surface area contributed by atoms with E-state index in [1.165, 1.54) is 0 Å². The zero-order chi connectivity index (χ0) is 11.5. The van der Waals surface area contributed by atoms with Gasteiger partial charge in [-0.25, -0.2) is 9.67 Å². The Hall–Kier alpha value is -1.68. The number of nitrogens with two attached hydrogens (primary N) is 1. The van der Waals surface area contributed by atoms with Crippen LogP contribution in [0.4, 0.5) is 0 Å². The van der Waals surface area contributed by atoms with Gasteiger partial charge in [0.1, 0.15) is 6.33 Å². The van der Waals surface area contributed by atoms with Gasteiger partial charge >= 0.3 is 0 Å². The Morgan fingerprint density at radius 3 is 2.50 bits per heavy atom. The molecule has 0 saturated carbocycles. The van der Waals surface area contributed by atoms with Gasteiger partial charge in [0.15, 0.2) is 5.82 Å². The average Bonchev–Trinajstić information content (AvgIpc) is 2.78. The van der Waals surface area contributed by atoms with Crippen molar-refractivity contribution < 1.29 is 0 Å². The predicted octanol–water partition coefficient (Wildman–Crippen LogP) is 1.98. The summed E-state index contributed by atoms with van der Waals surface area (Å²) >= 11 is 0. The maximum absolute atomic E-state index is 5.56. The summed E-state index contributed by atoms with van der Waals surface area (Å²) in [6.07, 6.45) is 1.59. The van der Waals surface area contributed by atoms with Crippen LogP contribution in [0.15, 0.2) is 30.6 Å². The summed E-state index contributed by atoms with van der Waals surface area (Å²) in [6, 6.07) is 8.42. The molecule has 2 aromatic rings. The SMILES string of the molecule is CC(C)n1ncnc1-c1ccc(CN)cc1. The minimum Gasteiger partial charge on any atom is -0.326 e. The Morgan fingerprint density at radius 2 is 1.94 bits per heavy atom. The summed E-state index contributed by atoms with van der Waals surface area (Å²) in [5.41, 5.74) is 7.76. The molecule has 2 rings (SSSR count). The van der Waals surface area contributed by atoms with Crippen molar-refractivity contribution in [2.75, 3.05) is 0 Å². The van der Waals surface area contributed by atoms with Crippen LogP contribution in [0.5, 0.6) is 0 Å². The summed E-state index contributed by atoms with van der Waals surface area (Å²) in [7, 11) is 0. The molecule has 0 fully saturated rings. The first-order chi connectivity index (χ1) is 7.72. The van der Waals surface area contributed by atoms with Crippen LogP contribution in [0.2, 0.25) is 0 Å². The lowest BCUT2D eigenvalue weighted by Gasteiger charge is -2.09. The van der Waals surface area contributed by atoms with Gasteiger partial charge in [0.05, 0.1) is 0 Å². The van der Waals surface area contributed by atoms with Gasteiger partial charge in [-0.2, -0.15) is 5.10 Å². The van der Waals surface area contributed by atoms with Crippen molar-refractivity contribution >= 4 is 0 Å². The first-order valence-electron chi connectivity index (χ1n) is 5.41. The second-order valence-electron chi connectivity index (χ2n) is 4.02. The fourth-order valence-corrected chi connectivity index (χ4v) is 1.62. The van der Waals surface area contributed by atoms with Crippen LogP contribution in [0.25, 0.3) is 11.4 Å². The molecule has 0 saturated heterocycles. The fourth-order valence-electron chi connectivity index (χ4n) is 1.62. The van der Waals surface area contributed by atoms with Gasteiger partial charge in [0.2, 0.25) is 0 Å². The van der Waals surface area contributed by atoms with Crippen LogP contribution in [0, 0.1) is 0 Å². The highest BCUT2D eigenvalue weighted by Crippen LogP contribution is 2.19. The molecule has 0 spiro atoms. The lowest BCUT2D eigenvalue weighted by molar-refractivity contribution is 0.537. The van der Waals surface area contributed by atoms with Gasteiger partial charge in [-0.3, -0.25) is 0 Å². The molecular weight excluding hydrogens is 200 g/mol. The van der Waals surface area contributed by atoms with Crippen LogP contribution < -0.4 is 5.73 Å². The molecule has 1 heterocycles. The average molecular weight is 216 g/mol. The number of hydrogen-bond donors (Lipinski definition) is 1. The van der Waals surface area contributed by atoms with Gasteiger partial charge in [-0.15, -0.1) is 0 Å². The molecule has 16 heavy (non-hydrogen) atoms. The molecule has 1 aromatic heterocycles. The quantitative estimate of drug-likeness (QED) is 0.853. The normalized spacial score (nSPS) is 11.0. The second kappa shape index (κ2) is 4.45. The second-order valence-corrected chi connectivity index (χ2v) is 4.02. The molecule has 0 amide bonds. The molecule has 0 aliphatic carbocycles. The summed E-state index contributed by atoms with van der Waals surface area (Å²) in [4.78, 5) is 4.28. The summed E-state index contributed by atoms with van der Waals surface area (Å²) in [5, 5.41) is 4.22. The van der Waals surface area contributed by atoms with Crippen LogP contribution in [0.3, 0.4) is 0 Å². The van der Waals surface area contributed by atoms with E-state index in [1.54, 1.807) is 6.33 Å². The first kappa shape index (κ1) is 10.8. The van der Waals surface area contributed by atoms with Crippen molar-refractivity contribution in [2.24, 2.45) is 5.73 Å². The maximum atomic E-state index is 5.56. The highest BCUT2D eigenvalue weighted by atomic mass is 15.3. The zero-order valence-corrected chi connectivity index (χ0v) is 9.59. The van der Waals surface area contributed by atoms with Gasteiger partial charge in [-0.05, 0) is 19.4 Å². The first-order valence-corrected chi connectivity index (χ1v) is 5.41. The fraction of sp³-hybridized carbons (Fsp3) is 0.333. The van der Waals surface area contributed by atoms with E-state index in [4.69, 9.17) is 5.73 Å². The number of nitrogens with zero attached hydrogens (tertiary/aromatic N) is 3. The van der Waals surface area contributed by atoms with E-state index in [0.29, 0.717) is 12.6 Å². The number of aromatic nitrogens is 3. The van der Waals surface area contributed by atoms with E-state index >= 15 is 0 Å². The van der Waals surface area contributed by atoms with Crippen molar-refractivity contribution in [1.82, 2.24) is 14.8 Å². The molecule has 4 heteroatoms. The Labute approximate surface area is 95.1 Å². The van der Waals surface area contributed by atoms with Crippen LogP contribution in [0.1, 0.15) is 25.5 Å². The van der Waals surface area contributed by atoms with Crippen molar-refractivity contribution in [3.8, 4) is 11.4 Å². The molecule has 0 bridgehead atoms. The molecular formula is C12H16N4. The molecule has 2 N–H and O–H groups in total. The largest absolute Gasteiger partial charge is 0.326 e. The van der Waals surface area contributed by atoms with E-state index in [-0.39, 0.29) is 0 Å². The Kier molecular flexibility index (Phi) is 3.01. The molecule has 4 nitrogen and oxygen atoms in total. The molecule has 1 aromatic carbocycles. The Balaban J connectivity index is 2.38. The Bertz CT molecular complexity index is 456. The lowest BCUT2D eigenvalue weighted by atomic mass is 10.1. The van der Waals surface area contributed by atoms with E-state index < -0.39 is 0 Å². The zero-order valence-electron chi connectivity index (χ0n) is 9.59. The van der Waals surface area contributed by atoms with Gasteiger partial charge < -0.3 is 5.73 Å². The van der Waals surface area contributed by atoms with E-state index in [1.807, 2.05) is 28.9 Å². The lowest BCUT2D eigenvalue weighted by Crippen LogP contribution is -2.05. The van der Waals surface area contributed by atoms with Gasteiger partial charge in [-0.1, -0.05) is 24.3 Å². The maximum Gasteiger partial charge on any atom is 0.158 e. The third-order valence-corrected chi connectivity index (χ3v) is 2.51. The highest BCUT2D eigenvalue weighted by molar-refractivity contribution is 5.55. The van der Waals surface area contributed by atoms with Gasteiger partial charge in [0, 0.05) is 18.2 Å². The number of hydrogen-bond acceptors (Lipinski definition) is 3. The molecule has 84 valence electrons. The predicted molar refractivity (Wildman–Crippen MR) is 63.7 cm³/mol. The van der Waals surface area contributed by atoms with Crippen LogP contribution in [-0.2, 0) is 6.54 Å². The monoisotopic (exact) mass is 216 g/mol. The molecule has 0 aliphatic heterocycles. The summed E-state index contributed by atoms with van der Waals surface area (Å²) in [5.74, 6) is 0.901. The molecule has 0 radical (unpaired) electrons. The van der Waals surface area contributed by atoms with Crippen LogP contribution >= 0.6 is 0 Å². The number of benzene rings is 1. The van der Waals surface area contributed by atoms with Gasteiger partial charge in [0.25, 0.3) is 0 Å². The number of rotatable bonds is 3. The Morgan fingerprint density at radius 1 is 1.25 bits per heavy atom. The summed E-state index contributed by atoms with van der Waals surface area (Å²) < 4.78 is 1.91. The highest BCUT2D eigenvalue weighted by Gasteiger charge is 2.09. The van der Waals surface area contributed by atoms with Crippen LogP contribution in [-0.4, -0.2) is 14.8 Å². The van der Waals surface area contributed by atoms with Crippen molar-refractivity contribution in [1.29, 1.82) is 0 Å². The minimum atomic E-state index is 0.312. The molecule has 0 unspecified atom stereocenters. The standard InChI is InChI=1S/C12H16N4/c1-9(2)16-12(14-8-15-16)11-5-3-10(7-13)4-6-11/h3-6,8-9H,7,13H2,1-2H3. The topological polar surface area (TPSA) is 56.7 Å².